The van der Waals surface area contributed by atoms with Gasteiger partial charge in [-0.3, -0.25) is 4.79 Å². The molecule has 0 N–H and O–H groups in total. The Kier molecular flexibility index (Phi) is 2.58. The number of carbonyl (C=O) groups is 1. The highest BCUT2D eigenvalue weighted by Gasteiger charge is 2.22. The molecular formula is C11H12FNO2. The minimum absolute atomic E-state index is 0.109. The Labute approximate surface area is 87.5 Å². The Morgan fingerprint density at radius 2 is 2.20 bits per heavy atom. The van der Waals surface area contributed by atoms with E-state index in [9.17, 15) is 9.18 Å². The Bertz CT molecular complexity index is 388. The topological polar surface area (TPSA) is 29.5 Å². The highest BCUT2D eigenvalue weighted by atomic mass is 19.1. The molecule has 1 fully saturated rings. The number of halogens is 1. The summed E-state index contributed by atoms with van der Waals surface area (Å²) in [6.07, 6.45) is 1.03. The molecule has 1 heterocycles. The van der Waals surface area contributed by atoms with Gasteiger partial charge in [0.25, 0.3) is 5.91 Å². The second kappa shape index (κ2) is 3.88. The maximum Gasteiger partial charge on any atom is 0.253 e. The molecule has 1 saturated heterocycles. The van der Waals surface area contributed by atoms with Crippen molar-refractivity contribution in [1.29, 1.82) is 0 Å². The van der Waals surface area contributed by atoms with Gasteiger partial charge in [0.2, 0.25) is 0 Å². The van der Waals surface area contributed by atoms with E-state index in [4.69, 9.17) is 4.74 Å². The van der Waals surface area contributed by atoms with Crippen LogP contribution < -0.4 is 4.74 Å². The van der Waals surface area contributed by atoms with E-state index >= 15 is 0 Å². The van der Waals surface area contributed by atoms with Gasteiger partial charge in [-0.15, -0.1) is 0 Å². The van der Waals surface area contributed by atoms with Crippen LogP contribution in [0.5, 0.6) is 5.75 Å². The number of nitrogens with zero attached hydrogens (tertiary/aromatic N) is 1. The van der Waals surface area contributed by atoms with Gasteiger partial charge in [0.1, 0.15) is 0 Å². The molecule has 0 aromatic heterocycles. The lowest BCUT2D eigenvalue weighted by molar-refractivity contribution is 0.0651. The predicted molar refractivity (Wildman–Crippen MR) is 53.5 cm³/mol. The number of carbonyl (C=O) groups excluding carboxylic acids is 1. The molecule has 0 unspecified atom stereocenters. The Hall–Kier alpha value is -1.58. The zero-order valence-electron chi connectivity index (χ0n) is 8.50. The third kappa shape index (κ3) is 1.79. The molecule has 0 radical (unpaired) electrons. The van der Waals surface area contributed by atoms with Crippen molar-refractivity contribution >= 4 is 5.91 Å². The normalized spacial score (nSPS) is 14.7. The fourth-order valence-corrected chi connectivity index (χ4v) is 1.50. The molecule has 0 spiro atoms. The van der Waals surface area contributed by atoms with Gasteiger partial charge in [-0.25, -0.2) is 4.39 Å². The standard InChI is InChI=1S/C11H12FNO2/c1-15-10-4-3-8(7-9(10)12)11(14)13-5-2-6-13/h3-4,7H,2,5-6H2,1H3. The van der Waals surface area contributed by atoms with Crippen LogP contribution in [0.2, 0.25) is 0 Å². The quantitative estimate of drug-likeness (QED) is 0.741. The van der Waals surface area contributed by atoms with E-state index in [1.54, 1.807) is 11.0 Å². The third-order valence-electron chi connectivity index (χ3n) is 2.54. The molecule has 1 aliphatic heterocycles. The van der Waals surface area contributed by atoms with Gasteiger partial charge in [0.05, 0.1) is 7.11 Å². The molecule has 1 aromatic rings. The minimum atomic E-state index is -0.496. The fraction of sp³-hybridized carbons (Fsp3) is 0.364. The smallest absolute Gasteiger partial charge is 0.253 e. The summed E-state index contributed by atoms with van der Waals surface area (Å²) in [6, 6.07) is 4.28. The average Bonchev–Trinajstić information content (AvgIpc) is 2.15. The first-order valence-electron chi connectivity index (χ1n) is 4.85. The van der Waals surface area contributed by atoms with E-state index in [1.807, 2.05) is 0 Å². The van der Waals surface area contributed by atoms with Gasteiger partial charge < -0.3 is 9.64 Å². The van der Waals surface area contributed by atoms with Crippen molar-refractivity contribution in [2.75, 3.05) is 20.2 Å². The summed E-state index contributed by atoms with van der Waals surface area (Å²) < 4.78 is 18.1. The number of hydrogen-bond acceptors (Lipinski definition) is 2. The van der Waals surface area contributed by atoms with Crippen LogP contribution in [0.15, 0.2) is 18.2 Å². The van der Waals surface area contributed by atoms with Crippen LogP contribution in [-0.4, -0.2) is 31.0 Å². The second-order valence-corrected chi connectivity index (χ2v) is 3.50. The molecule has 0 aliphatic carbocycles. The minimum Gasteiger partial charge on any atom is -0.494 e. The molecule has 4 heteroatoms. The molecule has 2 rings (SSSR count). The zero-order valence-corrected chi connectivity index (χ0v) is 8.50. The second-order valence-electron chi connectivity index (χ2n) is 3.50. The van der Waals surface area contributed by atoms with Crippen LogP contribution in [0.3, 0.4) is 0 Å². The first kappa shape index (κ1) is 9.96. The van der Waals surface area contributed by atoms with E-state index in [-0.39, 0.29) is 11.7 Å². The van der Waals surface area contributed by atoms with E-state index < -0.39 is 5.82 Å². The van der Waals surface area contributed by atoms with Crippen molar-refractivity contribution in [2.45, 2.75) is 6.42 Å². The molecule has 80 valence electrons. The van der Waals surface area contributed by atoms with Gasteiger partial charge >= 0.3 is 0 Å². The molecular weight excluding hydrogens is 197 g/mol. The lowest BCUT2D eigenvalue weighted by Crippen LogP contribution is -2.42. The maximum atomic E-state index is 13.3. The van der Waals surface area contributed by atoms with Crippen molar-refractivity contribution in [3.8, 4) is 5.75 Å². The molecule has 15 heavy (non-hydrogen) atoms. The predicted octanol–water partition coefficient (Wildman–Crippen LogP) is 1.68. The molecule has 3 nitrogen and oxygen atoms in total. The summed E-state index contributed by atoms with van der Waals surface area (Å²) in [4.78, 5) is 13.4. The van der Waals surface area contributed by atoms with E-state index in [1.165, 1.54) is 19.2 Å². The molecule has 1 amide bonds. The molecule has 1 aromatic carbocycles. The largest absolute Gasteiger partial charge is 0.494 e. The van der Waals surface area contributed by atoms with E-state index in [2.05, 4.69) is 0 Å². The van der Waals surface area contributed by atoms with Crippen LogP contribution in [0.4, 0.5) is 4.39 Å². The lowest BCUT2D eigenvalue weighted by Gasteiger charge is -2.30. The molecule has 0 atom stereocenters. The van der Waals surface area contributed by atoms with Crippen molar-refractivity contribution in [3.05, 3.63) is 29.6 Å². The number of ether oxygens (including phenoxy) is 1. The van der Waals surface area contributed by atoms with Crippen LogP contribution in [0.1, 0.15) is 16.8 Å². The summed E-state index contributed by atoms with van der Waals surface area (Å²) >= 11 is 0. The number of likely N-dealkylation sites (tertiary alicyclic amines) is 1. The zero-order chi connectivity index (χ0) is 10.8. The summed E-state index contributed by atoms with van der Waals surface area (Å²) in [6.45, 7) is 1.54. The highest BCUT2D eigenvalue weighted by molar-refractivity contribution is 5.94. The molecule has 0 saturated carbocycles. The van der Waals surface area contributed by atoms with Crippen molar-refractivity contribution in [1.82, 2.24) is 4.90 Å². The van der Waals surface area contributed by atoms with Gasteiger partial charge in [0.15, 0.2) is 11.6 Å². The molecule has 1 aliphatic rings. The first-order chi connectivity index (χ1) is 7.22. The van der Waals surface area contributed by atoms with Gasteiger partial charge in [0, 0.05) is 18.7 Å². The third-order valence-corrected chi connectivity index (χ3v) is 2.54. The number of rotatable bonds is 2. The summed E-state index contributed by atoms with van der Waals surface area (Å²) in [5.74, 6) is -0.443. The number of benzene rings is 1. The van der Waals surface area contributed by atoms with Gasteiger partial charge in [-0.1, -0.05) is 0 Å². The first-order valence-corrected chi connectivity index (χ1v) is 4.85. The SMILES string of the molecule is COc1ccc(C(=O)N2CCC2)cc1F. The van der Waals surface area contributed by atoms with Crippen LogP contribution in [0, 0.1) is 5.82 Å². The number of methoxy groups -OCH3 is 1. The van der Waals surface area contributed by atoms with E-state index in [0.717, 1.165) is 19.5 Å². The maximum absolute atomic E-state index is 13.3. The van der Waals surface area contributed by atoms with E-state index in [0.29, 0.717) is 5.56 Å². The average molecular weight is 209 g/mol. The number of amides is 1. The van der Waals surface area contributed by atoms with Crippen LogP contribution >= 0.6 is 0 Å². The van der Waals surface area contributed by atoms with Gasteiger partial charge in [-0.2, -0.15) is 0 Å². The Balaban J connectivity index is 2.21. The van der Waals surface area contributed by atoms with Crippen molar-refractivity contribution in [3.63, 3.8) is 0 Å². The van der Waals surface area contributed by atoms with Crippen LogP contribution in [0.25, 0.3) is 0 Å². The van der Waals surface area contributed by atoms with Gasteiger partial charge in [-0.05, 0) is 24.6 Å². The number of hydrogen-bond donors (Lipinski definition) is 0. The monoisotopic (exact) mass is 209 g/mol. The Morgan fingerprint density at radius 3 is 2.67 bits per heavy atom. The summed E-state index contributed by atoms with van der Waals surface area (Å²) in [7, 11) is 1.40. The Morgan fingerprint density at radius 1 is 1.47 bits per heavy atom. The summed E-state index contributed by atoms with van der Waals surface area (Å²) in [5, 5.41) is 0. The van der Waals surface area contributed by atoms with Crippen molar-refractivity contribution in [2.24, 2.45) is 0 Å². The molecule has 0 bridgehead atoms. The van der Waals surface area contributed by atoms with Crippen molar-refractivity contribution < 1.29 is 13.9 Å². The lowest BCUT2D eigenvalue weighted by atomic mass is 10.1. The summed E-state index contributed by atoms with van der Waals surface area (Å²) in [5.41, 5.74) is 0.382. The highest BCUT2D eigenvalue weighted by Crippen LogP contribution is 2.20. The fourth-order valence-electron chi connectivity index (χ4n) is 1.50. The van der Waals surface area contributed by atoms with Crippen LogP contribution in [-0.2, 0) is 0 Å².